The van der Waals surface area contributed by atoms with Gasteiger partial charge in [0, 0.05) is 45.7 Å². The third-order valence-electron chi connectivity index (χ3n) is 4.95. The van der Waals surface area contributed by atoms with Crippen LogP contribution in [0.4, 0.5) is 0 Å². The van der Waals surface area contributed by atoms with Crippen molar-refractivity contribution in [2.75, 3.05) is 33.4 Å². The van der Waals surface area contributed by atoms with Crippen molar-refractivity contribution in [3.63, 3.8) is 0 Å². The molecule has 1 saturated heterocycles. The highest BCUT2D eigenvalue weighted by molar-refractivity contribution is 5.84. The van der Waals surface area contributed by atoms with E-state index in [2.05, 4.69) is 39.5 Å². The van der Waals surface area contributed by atoms with E-state index in [-0.39, 0.29) is 5.91 Å². The molecule has 0 atom stereocenters. The molecule has 1 N–H and O–H groups in total. The minimum atomic E-state index is -0.558. The van der Waals surface area contributed by atoms with Gasteiger partial charge in [0.05, 0.1) is 12.9 Å². The minimum Gasteiger partial charge on any atom is -0.383 e. The standard InChI is InChI=1S/C19H26N4O2/c1-25-14-10-21-18(24)19(23-13-9-20-16-23)7-11-22(12-8-19)15-17-5-3-2-4-6-17/h2-6,9,13,16H,7-8,10-12,14-15H2,1H3,(H,21,24). The highest BCUT2D eigenvalue weighted by Gasteiger charge is 2.42. The number of benzene rings is 1. The molecule has 3 rings (SSSR count). The molecule has 0 unspecified atom stereocenters. The average Bonchev–Trinajstić information content (AvgIpc) is 3.19. The first-order valence-corrected chi connectivity index (χ1v) is 8.76. The van der Waals surface area contributed by atoms with Gasteiger partial charge in [-0.25, -0.2) is 4.98 Å². The van der Waals surface area contributed by atoms with Crippen molar-refractivity contribution in [3.8, 4) is 0 Å². The van der Waals surface area contributed by atoms with Gasteiger partial charge in [0.1, 0.15) is 5.54 Å². The number of amides is 1. The first-order chi connectivity index (χ1) is 12.2. The highest BCUT2D eigenvalue weighted by Crippen LogP contribution is 2.31. The maximum Gasteiger partial charge on any atom is 0.246 e. The number of hydrogen-bond acceptors (Lipinski definition) is 4. The Labute approximate surface area is 148 Å². The minimum absolute atomic E-state index is 0.0573. The van der Waals surface area contributed by atoms with E-state index in [1.165, 1.54) is 5.56 Å². The molecule has 0 radical (unpaired) electrons. The van der Waals surface area contributed by atoms with Crippen molar-refractivity contribution in [1.29, 1.82) is 0 Å². The zero-order chi connectivity index (χ0) is 17.5. The molecule has 1 aromatic carbocycles. The van der Waals surface area contributed by atoms with Crippen LogP contribution in [0.3, 0.4) is 0 Å². The van der Waals surface area contributed by atoms with E-state index in [9.17, 15) is 4.79 Å². The monoisotopic (exact) mass is 342 g/mol. The Bertz CT molecular complexity index is 649. The molecular weight excluding hydrogens is 316 g/mol. The van der Waals surface area contributed by atoms with Gasteiger partial charge in [0.2, 0.25) is 5.91 Å². The molecule has 6 heteroatoms. The molecule has 0 aliphatic carbocycles. The molecule has 1 aliphatic rings. The normalized spacial score (nSPS) is 17.3. The van der Waals surface area contributed by atoms with Crippen LogP contribution in [-0.2, 0) is 21.6 Å². The topological polar surface area (TPSA) is 59.4 Å². The zero-order valence-corrected chi connectivity index (χ0v) is 14.7. The number of methoxy groups -OCH3 is 1. The number of piperidine rings is 1. The maximum atomic E-state index is 12.9. The fraction of sp³-hybridized carbons (Fsp3) is 0.474. The van der Waals surface area contributed by atoms with Gasteiger partial charge < -0.3 is 14.6 Å². The molecule has 0 bridgehead atoms. The summed E-state index contributed by atoms with van der Waals surface area (Å²) in [6, 6.07) is 10.5. The third-order valence-corrected chi connectivity index (χ3v) is 4.95. The molecule has 0 saturated carbocycles. The lowest BCUT2D eigenvalue weighted by molar-refractivity contribution is -0.132. The van der Waals surface area contributed by atoms with Crippen LogP contribution < -0.4 is 5.32 Å². The summed E-state index contributed by atoms with van der Waals surface area (Å²) in [6.45, 7) is 3.73. The van der Waals surface area contributed by atoms with Gasteiger partial charge in [-0.2, -0.15) is 0 Å². The molecule has 2 heterocycles. The lowest BCUT2D eigenvalue weighted by atomic mass is 9.85. The second-order valence-electron chi connectivity index (χ2n) is 6.51. The summed E-state index contributed by atoms with van der Waals surface area (Å²) in [4.78, 5) is 19.5. The summed E-state index contributed by atoms with van der Waals surface area (Å²) in [6.07, 6.45) is 6.93. The van der Waals surface area contributed by atoms with E-state index in [0.717, 1.165) is 32.5 Å². The Morgan fingerprint density at radius 3 is 2.68 bits per heavy atom. The zero-order valence-electron chi connectivity index (χ0n) is 14.7. The van der Waals surface area contributed by atoms with Crippen molar-refractivity contribution in [2.45, 2.75) is 24.9 Å². The number of ether oxygens (including phenoxy) is 1. The second kappa shape index (κ2) is 8.27. The molecule has 1 aromatic heterocycles. The van der Waals surface area contributed by atoms with Crippen molar-refractivity contribution < 1.29 is 9.53 Å². The predicted molar refractivity (Wildman–Crippen MR) is 96.0 cm³/mol. The van der Waals surface area contributed by atoms with Crippen LogP contribution in [0.2, 0.25) is 0 Å². The Kier molecular flexibility index (Phi) is 5.83. The lowest BCUT2D eigenvalue weighted by Gasteiger charge is -2.41. The quantitative estimate of drug-likeness (QED) is 0.777. The summed E-state index contributed by atoms with van der Waals surface area (Å²) >= 11 is 0. The predicted octanol–water partition coefficient (Wildman–Crippen LogP) is 1.64. The Morgan fingerprint density at radius 2 is 2.04 bits per heavy atom. The van der Waals surface area contributed by atoms with Crippen LogP contribution >= 0.6 is 0 Å². The van der Waals surface area contributed by atoms with E-state index in [1.54, 1.807) is 19.6 Å². The molecule has 1 fully saturated rings. The van der Waals surface area contributed by atoms with Gasteiger partial charge in [-0.05, 0) is 18.4 Å². The van der Waals surface area contributed by atoms with Crippen molar-refractivity contribution >= 4 is 5.91 Å². The number of imidazole rings is 1. The fourth-order valence-electron chi connectivity index (χ4n) is 3.47. The van der Waals surface area contributed by atoms with Crippen molar-refractivity contribution in [3.05, 3.63) is 54.6 Å². The lowest BCUT2D eigenvalue weighted by Crippen LogP contribution is -2.55. The van der Waals surface area contributed by atoms with E-state index in [1.807, 2.05) is 16.8 Å². The van der Waals surface area contributed by atoms with Crippen molar-refractivity contribution in [2.24, 2.45) is 0 Å². The first-order valence-electron chi connectivity index (χ1n) is 8.76. The van der Waals surface area contributed by atoms with Gasteiger partial charge in [-0.15, -0.1) is 0 Å². The molecule has 134 valence electrons. The fourth-order valence-corrected chi connectivity index (χ4v) is 3.47. The number of hydrogen-bond donors (Lipinski definition) is 1. The summed E-state index contributed by atoms with van der Waals surface area (Å²) in [5.41, 5.74) is 0.749. The number of carbonyl (C=O) groups is 1. The largest absolute Gasteiger partial charge is 0.383 e. The number of nitrogens with zero attached hydrogens (tertiary/aromatic N) is 3. The molecule has 1 aliphatic heterocycles. The Hall–Kier alpha value is -2.18. The molecule has 2 aromatic rings. The summed E-state index contributed by atoms with van der Waals surface area (Å²) < 4.78 is 7.01. The summed E-state index contributed by atoms with van der Waals surface area (Å²) in [5.74, 6) is 0.0573. The highest BCUT2D eigenvalue weighted by atomic mass is 16.5. The van der Waals surface area contributed by atoms with Crippen LogP contribution in [-0.4, -0.2) is 53.7 Å². The Balaban J connectivity index is 1.67. The van der Waals surface area contributed by atoms with Crippen LogP contribution in [0.15, 0.2) is 49.1 Å². The summed E-state index contributed by atoms with van der Waals surface area (Å²) in [5, 5.41) is 3.02. The first kappa shape index (κ1) is 17.6. The van der Waals surface area contributed by atoms with E-state index < -0.39 is 5.54 Å². The molecule has 0 spiro atoms. The molecular formula is C19H26N4O2. The van der Waals surface area contributed by atoms with Crippen LogP contribution in [0, 0.1) is 0 Å². The SMILES string of the molecule is COCCNC(=O)C1(n2ccnc2)CCN(Cc2ccccc2)CC1. The number of likely N-dealkylation sites (tertiary alicyclic amines) is 1. The molecule has 25 heavy (non-hydrogen) atoms. The van der Waals surface area contributed by atoms with Gasteiger partial charge in [-0.3, -0.25) is 9.69 Å². The van der Waals surface area contributed by atoms with E-state index in [4.69, 9.17) is 4.74 Å². The number of nitrogens with one attached hydrogen (secondary N) is 1. The molecule has 1 amide bonds. The van der Waals surface area contributed by atoms with Crippen LogP contribution in [0.5, 0.6) is 0 Å². The smallest absolute Gasteiger partial charge is 0.246 e. The maximum absolute atomic E-state index is 12.9. The number of rotatable bonds is 7. The van der Waals surface area contributed by atoms with Gasteiger partial charge >= 0.3 is 0 Å². The van der Waals surface area contributed by atoms with Crippen LogP contribution in [0.25, 0.3) is 0 Å². The third kappa shape index (κ3) is 4.08. The second-order valence-corrected chi connectivity index (χ2v) is 6.51. The van der Waals surface area contributed by atoms with E-state index >= 15 is 0 Å². The van der Waals surface area contributed by atoms with E-state index in [0.29, 0.717) is 13.2 Å². The van der Waals surface area contributed by atoms with Gasteiger partial charge in [-0.1, -0.05) is 30.3 Å². The van der Waals surface area contributed by atoms with Crippen LogP contribution in [0.1, 0.15) is 18.4 Å². The van der Waals surface area contributed by atoms with Crippen molar-refractivity contribution in [1.82, 2.24) is 19.8 Å². The Morgan fingerprint density at radius 1 is 1.28 bits per heavy atom. The average molecular weight is 342 g/mol. The molecule has 6 nitrogen and oxygen atoms in total. The number of aromatic nitrogens is 2. The van der Waals surface area contributed by atoms with Gasteiger partial charge in [0.25, 0.3) is 0 Å². The number of carbonyl (C=O) groups excluding carboxylic acids is 1. The van der Waals surface area contributed by atoms with Gasteiger partial charge in [0.15, 0.2) is 0 Å². The summed E-state index contributed by atoms with van der Waals surface area (Å²) in [7, 11) is 1.64.